The summed E-state index contributed by atoms with van der Waals surface area (Å²) >= 11 is 17.3. The van der Waals surface area contributed by atoms with Crippen LogP contribution in [0, 0.1) is 37.2 Å². The number of hydrogen-bond donors (Lipinski definition) is 5. The van der Waals surface area contributed by atoms with Gasteiger partial charge < -0.3 is 26.8 Å². The molecule has 0 saturated heterocycles. The van der Waals surface area contributed by atoms with Crippen LogP contribution < -0.4 is 11.5 Å². The quantitative estimate of drug-likeness (QED) is 0.0310. The molecule has 129 heavy (non-hydrogen) atoms. The molecule has 21 rings (SSSR count). The van der Waals surface area contributed by atoms with Crippen molar-refractivity contribution in [2.45, 2.75) is 59.3 Å². The van der Waals surface area contributed by atoms with E-state index >= 15 is 0 Å². The Kier molecular flexibility index (Phi) is 27.4. The summed E-state index contributed by atoms with van der Waals surface area (Å²) in [7, 11) is 0. The van der Waals surface area contributed by atoms with Crippen molar-refractivity contribution < 1.29 is 24.5 Å². The van der Waals surface area contributed by atoms with E-state index in [9.17, 15) is 19.4 Å². The van der Waals surface area contributed by atoms with Crippen LogP contribution in [0.25, 0.3) is 144 Å². The first kappa shape index (κ1) is 88.1. The zero-order valence-electron chi connectivity index (χ0n) is 70.1. The van der Waals surface area contributed by atoms with E-state index in [4.69, 9.17) is 64.8 Å². The van der Waals surface area contributed by atoms with Crippen molar-refractivity contribution in [1.29, 1.82) is 0 Å². The Morgan fingerprint density at radius 3 is 1.12 bits per heavy atom. The van der Waals surface area contributed by atoms with E-state index < -0.39 is 5.82 Å². The second-order valence-electron chi connectivity index (χ2n) is 30.3. The molecule has 0 fully saturated rings. The van der Waals surface area contributed by atoms with E-state index in [1.165, 1.54) is 58.0 Å². The average Bonchev–Trinajstić information content (AvgIpc) is 1.60. The highest BCUT2D eigenvalue weighted by Crippen LogP contribution is 2.38. The van der Waals surface area contributed by atoms with Crippen molar-refractivity contribution in [3.8, 4) is 62.0 Å². The number of pyridine rings is 6. The van der Waals surface area contributed by atoms with Gasteiger partial charge in [-0.1, -0.05) is 245 Å². The average molecular weight is 1920 g/mol. The molecule has 10 heterocycles. The second-order valence-corrected chi connectivity index (χ2v) is 32.6. The number of nitrogen functional groups attached to an aromatic ring is 2. The molecule has 0 aliphatic carbocycles. The van der Waals surface area contributed by atoms with Crippen molar-refractivity contribution >= 4 is 167 Å². The van der Waals surface area contributed by atoms with Gasteiger partial charge in [-0.25, -0.2) is 63.6 Å². The number of rotatable bonds is 13. The van der Waals surface area contributed by atoms with Crippen molar-refractivity contribution in [2.24, 2.45) is 0 Å². The third-order valence-electron chi connectivity index (χ3n) is 21.7. The summed E-state index contributed by atoms with van der Waals surface area (Å²) in [5.41, 5.74) is 37.9. The zero-order chi connectivity index (χ0) is 89.8. The number of aromatic hydroxyl groups is 1. The van der Waals surface area contributed by atoms with Crippen molar-refractivity contribution in [1.82, 2.24) is 69.4 Å². The maximum absolute atomic E-state index is 14.1. The van der Waals surface area contributed by atoms with Crippen LogP contribution in [0.4, 0.5) is 16.0 Å². The van der Waals surface area contributed by atoms with E-state index in [0.29, 0.717) is 63.8 Å². The first-order valence-electron chi connectivity index (χ1n) is 41.0. The second kappa shape index (κ2) is 40.1. The summed E-state index contributed by atoms with van der Waals surface area (Å²) in [5.74, 6) is -0.116. The number of aryl methyl sites for hydroxylation is 4. The Bertz CT molecular complexity index is 7630. The molecule has 20 nitrogen and oxygen atoms in total. The predicted octanol–water partition coefficient (Wildman–Crippen LogP) is 24.0. The number of halogens is 5. The third-order valence-corrected chi connectivity index (χ3v) is 23.7. The van der Waals surface area contributed by atoms with E-state index in [1.54, 1.807) is 10.7 Å². The number of phenolic OH excluding ortho intramolecular Hbond substituents is 1. The van der Waals surface area contributed by atoms with Crippen LogP contribution in [0.5, 0.6) is 5.75 Å². The molecule has 25 heteroatoms. The number of benzene rings is 11. The molecule has 0 bridgehead atoms. The summed E-state index contributed by atoms with van der Waals surface area (Å²) < 4.78 is 18.5. The number of carbonyl (C=O) groups is 1. The van der Waals surface area contributed by atoms with Crippen LogP contribution in [0.2, 0.25) is 10.3 Å². The van der Waals surface area contributed by atoms with Crippen molar-refractivity contribution in [2.75, 3.05) is 11.5 Å². The van der Waals surface area contributed by atoms with Gasteiger partial charge in [-0.05, 0) is 163 Å². The van der Waals surface area contributed by atoms with E-state index in [0.717, 1.165) is 148 Å². The normalized spacial score (nSPS) is 11.0. The number of aromatic nitrogens is 14. The molecule has 0 radical (unpaired) electrons. The first-order chi connectivity index (χ1) is 62.8. The molecule has 0 amide bonds. The summed E-state index contributed by atoms with van der Waals surface area (Å²) in [6, 6.07) is 96.4. The fourth-order valence-corrected chi connectivity index (χ4v) is 16.9. The van der Waals surface area contributed by atoms with Gasteiger partial charge in [0, 0.05) is 93.8 Å². The summed E-state index contributed by atoms with van der Waals surface area (Å²) in [6.07, 6.45) is 3.57. The van der Waals surface area contributed by atoms with Gasteiger partial charge in [-0.3, -0.25) is 4.79 Å². The van der Waals surface area contributed by atoms with E-state index in [1.807, 2.05) is 181 Å². The highest BCUT2D eigenvalue weighted by atomic mass is 127. The van der Waals surface area contributed by atoms with Gasteiger partial charge in [0.15, 0.2) is 17.6 Å². The number of aldehydes is 1. The minimum absolute atomic E-state index is 0.00149. The maximum Gasteiger partial charge on any atom is 0.164 e. The van der Waals surface area contributed by atoms with Gasteiger partial charge in [0.05, 0.1) is 98.5 Å². The molecule has 7 N–H and O–H groups in total. The van der Waals surface area contributed by atoms with Gasteiger partial charge >= 0.3 is 0 Å². The number of nitrogens with zero attached hydrogens (tertiary/aromatic N) is 14. The molecule has 636 valence electrons. The van der Waals surface area contributed by atoms with E-state index in [-0.39, 0.29) is 29.9 Å². The number of phenols is 1. The highest BCUT2D eigenvalue weighted by Gasteiger charge is 2.23. The van der Waals surface area contributed by atoms with Gasteiger partial charge in [0.1, 0.15) is 55.6 Å². The molecule has 11 aromatic carbocycles. The van der Waals surface area contributed by atoms with Crippen LogP contribution in [0.1, 0.15) is 60.4 Å². The van der Waals surface area contributed by atoms with Gasteiger partial charge in [0.25, 0.3) is 0 Å². The Morgan fingerprint density at radius 2 is 0.721 bits per heavy atom. The number of aliphatic hydroxyl groups excluding tert-OH is 2. The number of carbonyl (C=O) groups excluding carboxylic acids is 1. The topological polar surface area (TPSA) is 294 Å². The third kappa shape index (κ3) is 19.8. The highest BCUT2D eigenvalue weighted by molar-refractivity contribution is 14.1. The zero-order valence-corrected chi connectivity index (χ0v) is 75.4. The molecular weight excluding hydrogens is 1830 g/mol. The lowest BCUT2D eigenvalue weighted by Crippen LogP contribution is -2.06. The molecule has 0 saturated carbocycles. The van der Waals surface area contributed by atoms with Crippen LogP contribution in [-0.2, 0) is 31.6 Å². The Labute approximate surface area is 773 Å². The molecule has 10 aromatic heterocycles. The number of anilines is 2. The SMILES string of the molecule is Cc1ccccc1-c1nc2ccccc2cc1CBr.Cc1ccccc1-c1nc2ccccc2cc1CO.Cc1ccccc1-c1nc2ccccc2cc1Cn1nc(-c2cc(O)cc(F)c2)c2c(N)ncnc21.Cc1ccccc1-c1nc2ccccc2cc1Cn1nc(I)c2c(N)ncnc21.O=Cc1cc2ccccc2nc1Cl.OCc1cc2ccccc2nc1Cl. The fraction of sp³-hybridized carbons (Fsp3) is 0.0865. The summed E-state index contributed by atoms with van der Waals surface area (Å²) in [5, 5.41) is 47.0. The van der Waals surface area contributed by atoms with Crippen molar-refractivity contribution in [3.63, 3.8) is 0 Å². The standard InChI is InChI=1S/C28H21FN6O.C22H17IN6.C17H14BrN.C17H15NO.C10H8ClNO.C10H6ClNO/c1-16-6-2-4-8-22(16)25-19(10-17-7-3-5-9-23(17)33-25)14-35-28-24(27(30)31-15-32-28)26(34-35)18-11-20(29)13-21(36)12-18;1-13-6-2-4-8-16(13)19-15(10-14-7-3-5-9-17(14)27-19)11-29-22-18(20(23)28-29)21(24)25-12-26-22;1-12-6-2-4-8-15(12)17-14(11-18)10-13-7-3-5-9-16(13)19-17;1-12-6-2-4-8-15(12)17-14(11-19)10-13-7-3-5-9-16(13)18-17;2*11-10-8(6-13)5-7-3-1-2-4-9(7)12-10/h2-13,15,36H,14H2,1H3,(H2,30,31,32);2-10,12H,11H2,1H3,(H2,24,25,26);2-10H,11H2,1H3;2-10,19H,11H2,1H3;1-5,13H,6H2;1-6H. The summed E-state index contributed by atoms with van der Waals surface area (Å²) in [4.78, 5) is 55.4. The number of aliphatic hydroxyl groups is 2. The molecule has 0 unspecified atom stereocenters. The van der Waals surface area contributed by atoms with Crippen LogP contribution in [-0.4, -0.2) is 91.0 Å². The van der Waals surface area contributed by atoms with Crippen LogP contribution in [0.3, 0.4) is 0 Å². The smallest absolute Gasteiger partial charge is 0.164 e. The van der Waals surface area contributed by atoms with Gasteiger partial charge in [0.2, 0.25) is 0 Å². The maximum atomic E-state index is 14.1. The fourth-order valence-electron chi connectivity index (χ4n) is 15.3. The van der Waals surface area contributed by atoms with Gasteiger partial charge in [-0.15, -0.1) is 0 Å². The summed E-state index contributed by atoms with van der Waals surface area (Å²) in [6.45, 7) is 9.17. The first-order valence-corrected chi connectivity index (χ1v) is 44.0. The molecule has 21 aromatic rings. The lowest BCUT2D eigenvalue weighted by molar-refractivity contribution is 0.112. The van der Waals surface area contributed by atoms with Crippen molar-refractivity contribution in [3.05, 3.63) is 385 Å². The Balaban J connectivity index is 0.000000118. The predicted molar refractivity (Wildman–Crippen MR) is 528 cm³/mol. The molecular formula is C104H81BrCl2FIN16O4. The lowest BCUT2D eigenvalue weighted by atomic mass is 9.99. The molecule has 0 aliphatic rings. The number of fused-ring (bicyclic) bond motifs is 8. The number of para-hydroxylation sites is 6. The number of nitrogens with two attached hydrogens (primary N) is 2. The van der Waals surface area contributed by atoms with Crippen LogP contribution >= 0.6 is 61.7 Å². The van der Waals surface area contributed by atoms with Gasteiger partial charge in [-0.2, -0.15) is 10.2 Å². The van der Waals surface area contributed by atoms with E-state index in [2.05, 4.69) is 198 Å². The monoisotopic (exact) mass is 1910 g/mol. The Hall–Kier alpha value is -14.3. The molecule has 0 atom stereocenters. The lowest BCUT2D eigenvalue weighted by Gasteiger charge is -2.13. The van der Waals surface area contributed by atoms with Crippen LogP contribution in [0.15, 0.2) is 310 Å². The number of alkyl halides is 1. The number of hydrogen-bond acceptors (Lipinski definition) is 18. The minimum atomic E-state index is -0.580. The molecule has 0 aliphatic heterocycles. The minimum Gasteiger partial charge on any atom is -0.508 e. The molecule has 0 spiro atoms. The largest absolute Gasteiger partial charge is 0.508 e. The Morgan fingerprint density at radius 1 is 0.388 bits per heavy atom.